The van der Waals surface area contributed by atoms with E-state index in [0.717, 1.165) is 0 Å². The molecule has 0 heterocycles. The fraction of sp³-hybridized carbons (Fsp3) is 0.0625. The molecular weight excluding hydrogens is 546 g/mol. The maximum atomic E-state index is 4.93. The van der Waals surface area contributed by atoms with Crippen LogP contribution in [0, 0.1) is 13.8 Å². The Kier molecular flexibility index (Phi) is 9.16. The van der Waals surface area contributed by atoms with Crippen LogP contribution in [0.5, 0.6) is 0 Å². The monoisotopic (exact) mass is 570 g/mol. The third-order valence-electron chi connectivity index (χ3n) is 6.01. The van der Waals surface area contributed by atoms with Crippen LogP contribution in [0.1, 0.15) is 11.1 Å². The summed E-state index contributed by atoms with van der Waals surface area (Å²) >= 11 is -0.826. The van der Waals surface area contributed by atoms with Gasteiger partial charge in [0.05, 0.1) is 0 Å². The molecule has 0 N–H and O–H groups in total. The van der Waals surface area contributed by atoms with Gasteiger partial charge in [0, 0.05) is 0 Å². The molecule has 0 unspecified atom stereocenters. The second-order valence-corrected chi connectivity index (χ2v) is 12.3. The van der Waals surface area contributed by atoms with Gasteiger partial charge in [-0.25, -0.2) is 0 Å². The predicted octanol–water partition coefficient (Wildman–Crippen LogP) is 10.4. The van der Waals surface area contributed by atoms with Crippen LogP contribution in [0.4, 0.5) is 0 Å². The van der Waals surface area contributed by atoms with Crippen molar-refractivity contribution >= 4 is 38.6 Å². The van der Waals surface area contributed by atoms with Crippen molar-refractivity contribution < 1.29 is 20.8 Å². The first kappa shape index (κ1) is 25.6. The number of fused-ring (bicyclic) bond motifs is 2. The summed E-state index contributed by atoms with van der Waals surface area (Å²) in [5.41, 5.74) is 7.81. The van der Waals surface area contributed by atoms with E-state index in [2.05, 4.69) is 135 Å². The van der Waals surface area contributed by atoms with Gasteiger partial charge in [0.1, 0.15) is 0 Å². The quantitative estimate of drug-likeness (QED) is 0.181. The van der Waals surface area contributed by atoms with E-state index >= 15 is 0 Å². The van der Waals surface area contributed by atoms with E-state index < -0.39 is 20.8 Å². The molecule has 0 saturated carbocycles. The number of hydrogen-bond acceptors (Lipinski definition) is 0. The molecular formula is C32H26Cl2Zr. The van der Waals surface area contributed by atoms with Crippen molar-refractivity contribution in [2.75, 3.05) is 0 Å². The van der Waals surface area contributed by atoms with E-state index in [1.807, 2.05) is 0 Å². The summed E-state index contributed by atoms with van der Waals surface area (Å²) in [5.74, 6) is 0. The van der Waals surface area contributed by atoms with Gasteiger partial charge in [0.25, 0.3) is 0 Å². The van der Waals surface area contributed by atoms with Crippen molar-refractivity contribution in [3.63, 3.8) is 0 Å². The van der Waals surface area contributed by atoms with Gasteiger partial charge in [-0.2, -0.15) is 0 Å². The fourth-order valence-electron chi connectivity index (χ4n) is 4.13. The second kappa shape index (κ2) is 12.5. The van der Waals surface area contributed by atoms with Crippen molar-refractivity contribution in [1.29, 1.82) is 0 Å². The average molecular weight is 573 g/mol. The SMILES string of the molecule is Cc1ccc(-c2cc3ccccc3[cH-]2)cc1.Cc1ccc(-c2cc3ccccc3[cH-]2)cc1.[Cl][Zr+2][Cl]. The summed E-state index contributed by atoms with van der Waals surface area (Å²) in [5, 5.41) is 5.27. The topological polar surface area (TPSA) is 0 Å². The Morgan fingerprint density at radius 1 is 0.514 bits per heavy atom. The van der Waals surface area contributed by atoms with Gasteiger partial charge in [-0.1, -0.05) is 107 Å². The van der Waals surface area contributed by atoms with Crippen LogP contribution < -0.4 is 0 Å². The molecule has 3 heteroatoms. The zero-order valence-corrected chi connectivity index (χ0v) is 23.8. The van der Waals surface area contributed by atoms with E-state index in [-0.39, 0.29) is 0 Å². The van der Waals surface area contributed by atoms with Crippen molar-refractivity contribution in [2.45, 2.75) is 13.8 Å². The molecule has 6 aromatic rings. The molecule has 0 bridgehead atoms. The fourth-order valence-corrected chi connectivity index (χ4v) is 4.13. The van der Waals surface area contributed by atoms with Crippen molar-refractivity contribution in [3.8, 4) is 22.3 Å². The standard InChI is InChI=1S/2C16H13.2ClH.Zr/c2*1-12-6-8-13(9-7-12)16-10-14-4-2-3-5-15(14)11-16;;;/h2*2-11H,1H3;2*1H;/q2*-1;;;+4/p-2. The molecule has 0 nitrogen and oxygen atoms in total. The molecule has 0 aromatic heterocycles. The van der Waals surface area contributed by atoms with Crippen LogP contribution in [0.15, 0.2) is 121 Å². The molecule has 0 radical (unpaired) electrons. The molecule has 6 rings (SSSR count). The number of hydrogen-bond donors (Lipinski definition) is 0. The number of aryl methyl sites for hydroxylation is 2. The minimum absolute atomic E-state index is 0.826. The van der Waals surface area contributed by atoms with E-state index in [0.29, 0.717) is 0 Å². The van der Waals surface area contributed by atoms with Crippen LogP contribution in [-0.4, -0.2) is 0 Å². The molecule has 0 fully saturated rings. The molecule has 172 valence electrons. The number of halogens is 2. The first-order chi connectivity index (χ1) is 17.1. The minimum atomic E-state index is -0.826. The van der Waals surface area contributed by atoms with Crippen molar-refractivity contribution in [2.24, 2.45) is 0 Å². The number of benzene rings is 4. The predicted molar refractivity (Wildman–Crippen MR) is 151 cm³/mol. The van der Waals surface area contributed by atoms with Crippen molar-refractivity contribution in [3.05, 3.63) is 132 Å². The molecule has 0 aliphatic carbocycles. The van der Waals surface area contributed by atoms with Crippen molar-refractivity contribution in [1.82, 2.24) is 0 Å². The van der Waals surface area contributed by atoms with E-state index in [4.69, 9.17) is 17.0 Å². The first-order valence-corrected chi connectivity index (χ1v) is 17.8. The molecule has 6 aromatic carbocycles. The Hall–Kier alpha value is -2.44. The van der Waals surface area contributed by atoms with Gasteiger partial charge in [-0.3, -0.25) is 0 Å². The summed E-state index contributed by atoms with van der Waals surface area (Å²) in [7, 11) is 9.87. The number of rotatable bonds is 2. The molecule has 0 amide bonds. The van der Waals surface area contributed by atoms with Gasteiger partial charge in [-0.05, 0) is 13.8 Å². The van der Waals surface area contributed by atoms with Crippen LogP contribution in [0.3, 0.4) is 0 Å². The zero-order chi connectivity index (χ0) is 24.6. The van der Waals surface area contributed by atoms with Gasteiger partial charge < -0.3 is 0 Å². The van der Waals surface area contributed by atoms with E-state index in [1.165, 1.54) is 54.9 Å². The van der Waals surface area contributed by atoms with E-state index in [9.17, 15) is 0 Å². The summed E-state index contributed by atoms with van der Waals surface area (Å²) in [6, 6.07) is 43.4. The zero-order valence-electron chi connectivity index (χ0n) is 19.8. The van der Waals surface area contributed by atoms with Gasteiger partial charge >= 0.3 is 37.9 Å². The Labute approximate surface area is 226 Å². The molecule has 35 heavy (non-hydrogen) atoms. The third kappa shape index (κ3) is 6.83. The van der Waals surface area contributed by atoms with Gasteiger partial charge in [-0.15, -0.1) is 69.1 Å². The van der Waals surface area contributed by atoms with Crippen LogP contribution in [0.25, 0.3) is 43.8 Å². The van der Waals surface area contributed by atoms with Crippen LogP contribution in [0.2, 0.25) is 0 Å². The van der Waals surface area contributed by atoms with Gasteiger partial charge in [0.15, 0.2) is 0 Å². The summed E-state index contributed by atoms with van der Waals surface area (Å²) in [4.78, 5) is 0. The maximum absolute atomic E-state index is 4.93. The summed E-state index contributed by atoms with van der Waals surface area (Å²) in [6.45, 7) is 4.23. The Bertz CT molecular complexity index is 1310. The molecule has 0 atom stereocenters. The Morgan fingerprint density at radius 3 is 1.20 bits per heavy atom. The normalized spacial score (nSPS) is 10.2. The Morgan fingerprint density at radius 2 is 0.857 bits per heavy atom. The first-order valence-electron chi connectivity index (χ1n) is 11.5. The average Bonchev–Trinajstić information content (AvgIpc) is 3.50. The summed E-state index contributed by atoms with van der Waals surface area (Å²) < 4.78 is 0. The third-order valence-corrected chi connectivity index (χ3v) is 6.01. The molecule has 0 aliphatic rings. The summed E-state index contributed by atoms with van der Waals surface area (Å²) in [6.07, 6.45) is 0. The van der Waals surface area contributed by atoms with Gasteiger partial charge in [0.2, 0.25) is 0 Å². The van der Waals surface area contributed by atoms with E-state index in [1.54, 1.807) is 0 Å². The Balaban J connectivity index is 0.000000149. The van der Waals surface area contributed by atoms with Crippen LogP contribution in [-0.2, 0) is 20.8 Å². The molecule has 0 aliphatic heterocycles. The molecule has 0 saturated heterocycles. The van der Waals surface area contributed by atoms with Crippen LogP contribution >= 0.6 is 17.0 Å². The second-order valence-electron chi connectivity index (χ2n) is 8.55. The molecule has 0 spiro atoms.